The van der Waals surface area contributed by atoms with Crippen LogP contribution in [-0.2, 0) is 26.6 Å². The molecule has 4 heterocycles. The van der Waals surface area contributed by atoms with E-state index in [4.69, 9.17) is 4.74 Å². The van der Waals surface area contributed by atoms with Crippen molar-refractivity contribution in [1.29, 1.82) is 0 Å². The zero-order chi connectivity index (χ0) is 30.5. The molecule has 43 heavy (non-hydrogen) atoms. The van der Waals surface area contributed by atoms with Gasteiger partial charge in [0.1, 0.15) is 17.6 Å². The first-order valence-corrected chi connectivity index (χ1v) is 15.8. The van der Waals surface area contributed by atoms with Crippen LogP contribution < -0.4 is 14.9 Å². The number of alkyl halides is 2. The molecule has 1 atom stereocenters. The van der Waals surface area contributed by atoms with E-state index in [0.29, 0.717) is 24.4 Å². The average Bonchev–Trinajstić information content (AvgIpc) is 3.62. The summed E-state index contributed by atoms with van der Waals surface area (Å²) < 4.78 is 64.0. The van der Waals surface area contributed by atoms with Gasteiger partial charge in [-0.15, -0.1) is 0 Å². The zero-order valence-corrected chi connectivity index (χ0v) is 24.7. The first kappa shape index (κ1) is 29.0. The number of fused-ring (bicyclic) bond motifs is 1. The van der Waals surface area contributed by atoms with E-state index in [1.807, 2.05) is 0 Å². The Labute approximate surface area is 247 Å². The molecule has 1 unspecified atom stereocenters. The molecule has 0 bridgehead atoms. The molecule has 15 heteroatoms. The fourth-order valence-corrected chi connectivity index (χ4v) is 5.66. The molecule has 1 aliphatic carbocycles. The van der Waals surface area contributed by atoms with Gasteiger partial charge in [0.05, 0.1) is 29.5 Å². The number of nitrogens with one attached hydrogen (secondary N) is 2. The Balaban J connectivity index is 1.50. The number of nitrogens with zero attached hydrogens (tertiary/aromatic N) is 6. The third-order valence-electron chi connectivity index (χ3n) is 7.66. The molecule has 2 N–H and O–H groups in total. The van der Waals surface area contributed by atoms with Crippen molar-refractivity contribution in [1.82, 2.24) is 24.3 Å². The minimum atomic E-state index is -3.69. The van der Waals surface area contributed by atoms with Gasteiger partial charge in [-0.3, -0.25) is 18.3 Å². The smallest absolute Gasteiger partial charge is 0.295 e. The molecule has 2 aliphatic rings. The molecule has 0 spiro atoms. The zero-order valence-electron chi connectivity index (χ0n) is 23.9. The molecule has 12 nitrogen and oxygen atoms in total. The molecule has 3 aromatic heterocycles. The summed E-state index contributed by atoms with van der Waals surface area (Å²) >= 11 is 0. The molecular formula is C28H32F2N8O4S. The number of carbonyl (C=O) groups is 1. The van der Waals surface area contributed by atoms with Crippen molar-refractivity contribution in [3.8, 4) is 11.1 Å². The van der Waals surface area contributed by atoms with E-state index in [1.165, 1.54) is 17.7 Å². The maximum Gasteiger partial charge on any atom is 0.295 e. The van der Waals surface area contributed by atoms with Gasteiger partial charge in [-0.05, 0) is 49.8 Å². The molecule has 1 saturated carbocycles. The summed E-state index contributed by atoms with van der Waals surface area (Å²) in [6, 6.07) is 6.72. The maximum absolute atomic E-state index is 14.4. The van der Waals surface area contributed by atoms with Crippen LogP contribution in [0.5, 0.6) is 0 Å². The molecule has 1 saturated heterocycles. The monoisotopic (exact) mass is 614 g/mol. The Kier molecular flexibility index (Phi) is 7.54. The summed E-state index contributed by atoms with van der Waals surface area (Å²) in [5, 5.41) is 10.2. The molecule has 1 aromatic carbocycles. The van der Waals surface area contributed by atoms with Gasteiger partial charge in [0.2, 0.25) is 15.9 Å². The third-order valence-corrected chi connectivity index (χ3v) is 8.85. The van der Waals surface area contributed by atoms with Crippen LogP contribution in [0, 0.1) is 5.92 Å². The second kappa shape index (κ2) is 11.2. The lowest BCUT2D eigenvalue weighted by Crippen LogP contribution is -2.25. The fourth-order valence-electron chi connectivity index (χ4n) is 5.15. The van der Waals surface area contributed by atoms with Crippen molar-refractivity contribution in [2.24, 2.45) is 13.0 Å². The lowest BCUT2D eigenvalue weighted by molar-refractivity contribution is -0.117. The van der Waals surface area contributed by atoms with Crippen LogP contribution in [0.25, 0.3) is 22.3 Å². The highest BCUT2D eigenvalue weighted by Crippen LogP contribution is 2.39. The Hall–Kier alpha value is -4.11. The second-order valence-electron chi connectivity index (χ2n) is 10.9. The molecule has 1 amide bonds. The standard InChI is InChI=1S/C28H32F2N8O4S/c1-36-15-18(14-31-36)17-9-10-19(21(12-17)37(2)43(3,40)41)32-20-13-22(34-28(39)16-7-8-16)33-26-24(20)35-27(25(29)30)38(26)23-6-4-5-11-42-23/h9-10,12-16,23,25H,4-8,11H2,1-3H3,(H2,32,33,34,39). The Morgan fingerprint density at radius 1 is 1.12 bits per heavy atom. The van der Waals surface area contributed by atoms with E-state index in [9.17, 15) is 22.0 Å². The Morgan fingerprint density at radius 3 is 2.53 bits per heavy atom. The average molecular weight is 615 g/mol. The van der Waals surface area contributed by atoms with E-state index in [2.05, 4.69) is 25.7 Å². The number of halogens is 2. The Morgan fingerprint density at radius 2 is 1.91 bits per heavy atom. The van der Waals surface area contributed by atoms with Crippen molar-refractivity contribution in [2.75, 3.05) is 34.8 Å². The summed E-state index contributed by atoms with van der Waals surface area (Å²) in [6.45, 7) is 0.417. The summed E-state index contributed by atoms with van der Waals surface area (Å²) in [4.78, 5) is 21.5. The van der Waals surface area contributed by atoms with Gasteiger partial charge in [-0.1, -0.05) is 6.07 Å². The summed E-state index contributed by atoms with van der Waals surface area (Å²) in [5.74, 6) is -0.657. The van der Waals surface area contributed by atoms with Gasteiger partial charge in [0.25, 0.3) is 6.43 Å². The number of hydrogen-bond donors (Lipinski definition) is 2. The van der Waals surface area contributed by atoms with Gasteiger partial charge < -0.3 is 15.4 Å². The maximum atomic E-state index is 14.4. The van der Waals surface area contributed by atoms with Crippen LogP contribution in [0.4, 0.5) is 31.7 Å². The number of hydrogen-bond acceptors (Lipinski definition) is 8. The van der Waals surface area contributed by atoms with Crippen LogP contribution in [0.15, 0.2) is 36.7 Å². The highest BCUT2D eigenvalue weighted by molar-refractivity contribution is 7.92. The molecule has 2 fully saturated rings. The molecule has 6 rings (SSSR count). The number of carbonyl (C=O) groups excluding carboxylic acids is 1. The predicted octanol–water partition coefficient (Wildman–Crippen LogP) is 4.96. The lowest BCUT2D eigenvalue weighted by atomic mass is 10.1. The normalized spacial score (nSPS) is 17.4. The Bertz CT molecular complexity index is 1800. The van der Waals surface area contributed by atoms with E-state index in [1.54, 1.807) is 42.3 Å². The SMILES string of the molecule is CN(c1cc(-c2cnn(C)c2)ccc1Nc1cc(NC(=O)C2CC2)nc2c1nc(C(F)F)n2C1CCCCO1)S(C)(=O)=O. The highest BCUT2D eigenvalue weighted by Gasteiger charge is 2.32. The minimum absolute atomic E-state index is 0.118. The molecular weight excluding hydrogens is 582 g/mol. The van der Waals surface area contributed by atoms with Crippen molar-refractivity contribution in [3.63, 3.8) is 0 Å². The van der Waals surface area contributed by atoms with Crippen LogP contribution in [0.2, 0.25) is 0 Å². The number of benzene rings is 1. The third kappa shape index (κ3) is 5.91. The van der Waals surface area contributed by atoms with Gasteiger partial charge in [0, 0.05) is 44.4 Å². The fraction of sp³-hybridized carbons (Fsp3) is 0.429. The van der Waals surface area contributed by atoms with Crippen LogP contribution in [-0.4, -0.2) is 58.6 Å². The predicted molar refractivity (Wildman–Crippen MR) is 158 cm³/mol. The number of imidazole rings is 1. The van der Waals surface area contributed by atoms with E-state index >= 15 is 0 Å². The molecule has 228 valence electrons. The van der Waals surface area contributed by atoms with Gasteiger partial charge in [0.15, 0.2) is 11.5 Å². The number of ether oxygens (including phenoxy) is 1. The second-order valence-corrected chi connectivity index (χ2v) is 13.0. The number of pyridine rings is 1. The van der Waals surface area contributed by atoms with Gasteiger partial charge in [-0.2, -0.15) is 5.10 Å². The van der Waals surface area contributed by atoms with Crippen molar-refractivity contribution < 1.29 is 26.7 Å². The quantitative estimate of drug-likeness (QED) is 0.270. The topological polar surface area (TPSA) is 136 Å². The lowest BCUT2D eigenvalue weighted by Gasteiger charge is -2.25. The number of amides is 1. The minimum Gasteiger partial charge on any atom is -0.358 e. The largest absolute Gasteiger partial charge is 0.358 e. The van der Waals surface area contributed by atoms with Gasteiger partial charge in [-0.25, -0.2) is 27.2 Å². The number of sulfonamides is 1. The summed E-state index contributed by atoms with van der Waals surface area (Å²) in [7, 11) is -0.487. The highest BCUT2D eigenvalue weighted by atomic mass is 32.2. The summed E-state index contributed by atoms with van der Waals surface area (Å²) in [5.41, 5.74) is 2.71. The van der Waals surface area contributed by atoms with E-state index < -0.39 is 28.5 Å². The first-order valence-electron chi connectivity index (χ1n) is 14.0. The van der Waals surface area contributed by atoms with Crippen LogP contribution >= 0.6 is 0 Å². The molecule has 4 aromatic rings. The van der Waals surface area contributed by atoms with Crippen molar-refractivity contribution in [3.05, 3.63) is 42.5 Å². The van der Waals surface area contributed by atoms with E-state index in [0.717, 1.165) is 47.4 Å². The van der Waals surface area contributed by atoms with Gasteiger partial charge >= 0.3 is 0 Å². The summed E-state index contributed by atoms with van der Waals surface area (Å²) in [6.07, 6.45) is 4.62. The van der Waals surface area contributed by atoms with Crippen LogP contribution in [0.3, 0.4) is 0 Å². The van der Waals surface area contributed by atoms with Crippen LogP contribution in [0.1, 0.15) is 50.6 Å². The van der Waals surface area contributed by atoms with Crippen molar-refractivity contribution in [2.45, 2.75) is 44.8 Å². The van der Waals surface area contributed by atoms with E-state index in [-0.39, 0.29) is 34.5 Å². The number of anilines is 4. The number of aromatic nitrogens is 5. The number of rotatable bonds is 9. The van der Waals surface area contributed by atoms with Crippen molar-refractivity contribution >= 4 is 50.0 Å². The first-order chi connectivity index (χ1) is 20.5. The number of aryl methyl sites for hydroxylation is 1. The molecule has 1 aliphatic heterocycles. The molecule has 0 radical (unpaired) electrons.